The average Bonchev–Trinajstić information content (AvgIpc) is 2.56. The van der Waals surface area contributed by atoms with E-state index in [0.717, 1.165) is 11.3 Å². The summed E-state index contributed by atoms with van der Waals surface area (Å²) in [7, 11) is 0. The minimum absolute atomic E-state index is 0.117. The van der Waals surface area contributed by atoms with Crippen LogP contribution in [0.25, 0.3) is 0 Å². The third kappa shape index (κ3) is 5.58. The number of anilines is 1. The van der Waals surface area contributed by atoms with E-state index in [1.165, 1.54) is 11.1 Å². The van der Waals surface area contributed by atoms with Crippen molar-refractivity contribution in [3.63, 3.8) is 0 Å². The maximum absolute atomic E-state index is 8.71. The maximum atomic E-state index is 8.71. The molecule has 0 saturated heterocycles. The molecule has 1 atom stereocenters. The second-order valence-electron chi connectivity index (χ2n) is 7.22. The minimum atomic E-state index is 0.117. The fourth-order valence-corrected chi connectivity index (χ4v) is 2.81. The van der Waals surface area contributed by atoms with Gasteiger partial charge in [0.25, 0.3) is 0 Å². The minimum Gasteiger partial charge on any atom is -0.356 e. The van der Waals surface area contributed by atoms with Crippen LogP contribution in [0, 0.1) is 11.3 Å². The summed E-state index contributed by atoms with van der Waals surface area (Å²) in [6.45, 7) is 8.73. The highest BCUT2D eigenvalue weighted by Crippen LogP contribution is 2.24. The maximum Gasteiger partial charge on any atom is 0.171 e. The molecular formula is C21H25N3S. The Morgan fingerprint density at radius 3 is 2.20 bits per heavy atom. The smallest absolute Gasteiger partial charge is 0.171 e. The van der Waals surface area contributed by atoms with Gasteiger partial charge < -0.3 is 10.6 Å². The lowest BCUT2D eigenvalue weighted by molar-refractivity contribution is 0.589. The molecule has 2 rings (SSSR count). The Morgan fingerprint density at radius 1 is 1.08 bits per heavy atom. The largest absolute Gasteiger partial charge is 0.356 e. The first-order valence-corrected chi connectivity index (χ1v) is 8.84. The van der Waals surface area contributed by atoms with Crippen molar-refractivity contribution in [2.75, 3.05) is 5.32 Å². The van der Waals surface area contributed by atoms with Gasteiger partial charge in [-0.2, -0.15) is 5.26 Å². The van der Waals surface area contributed by atoms with Crippen molar-refractivity contribution in [3.8, 4) is 6.07 Å². The predicted molar refractivity (Wildman–Crippen MR) is 109 cm³/mol. The highest BCUT2D eigenvalue weighted by Gasteiger charge is 2.14. The molecule has 0 unspecified atom stereocenters. The van der Waals surface area contributed by atoms with E-state index >= 15 is 0 Å². The van der Waals surface area contributed by atoms with E-state index in [1.54, 1.807) is 0 Å². The van der Waals surface area contributed by atoms with Gasteiger partial charge in [0.1, 0.15) is 0 Å². The second kappa shape index (κ2) is 8.13. The second-order valence-corrected chi connectivity index (χ2v) is 7.63. The molecule has 0 radical (unpaired) electrons. The number of nitrogens with one attached hydrogen (secondary N) is 2. The van der Waals surface area contributed by atoms with E-state index in [-0.39, 0.29) is 11.5 Å². The van der Waals surface area contributed by atoms with Crippen LogP contribution in [0.5, 0.6) is 0 Å². The van der Waals surface area contributed by atoms with Gasteiger partial charge in [-0.25, -0.2) is 0 Å². The third-order valence-electron chi connectivity index (χ3n) is 4.12. The van der Waals surface area contributed by atoms with Crippen molar-refractivity contribution in [1.82, 2.24) is 5.32 Å². The summed E-state index contributed by atoms with van der Waals surface area (Å²) < 4.78 is 0. The third-order valence-corrected chi connectivity index (χ3v) is 4.34. The van der Waals surface area contributed by atoms with Gasteiger partial charge in [-0.05, 0) is 53.4 Å². The van der Waals surface area contributed by atoms with Gasteiger partial charge in [-0.1, -0.05) is 57.2 Å². The van der Waals surface area contributed by atoms with Crippen LogP contribution >= 0.6 is 12.2 Å². The molecule has 4 heteroatoms. The quantitative estimate of drug-likeness (QED) is 0.753. The van der Waals surface area contributed by atoms with Gasteiger partial charge in [-0.3, -0.25) is 0 Å². The Morgan fingerprint density at radius 2 is 1.68 bits per heavy atom. The number of nitriles is 1. The summed E-state index contributed by atoms with van der Waals surface area (Å²) in [6.07, 6.45) is 0.421. The van der Waals surface area contributed by atoms with E-state index in [2.05, 4.69) is 68.7 Å². The molecule has 0 aliphatic heterocycles. The molecule has 0 aliphatic carbocycles. The summed E-state index contributed by atoms with van der Waals surface area (Å²) in [6, 6.07) is 18.7. The number of hydrogen-bond acceptors (Lipinski definition) is 2. The zero-order valence-corrected chi connectivity index (χ0v) is 16.1. The molecule has 0 aromatic heterocycles. The van der Waals surface area contributed by atoms with E-state index in [4.69, 9.17) is 17.5 Å². The molecule has 0 fully saturated rings. The van der Waals surface area contributed by atoms with Crippen molar-refractivity contribution in [3.05, 3.63) is 65.2 Å². The Balaban J connectivity index is 1.94. The normalized spacial score (nSPS) is 12.1. The van der Waals surface area contributed by atoms with Crippen LogP contribution in [0.3, 0.4) is 0 Å². The molecular weight excluding hydrogens is 326 g/mol. The predicted octanol–water partition coefficient (Wildman–Crippen LogP) is 5.10. The number of thiocarbonyl (C=S) groups is 1. The molecule has 0 aliphatic rings. The number of benzene rings is 2. The Kier molecular flexibility index (Phi) is 6.17. The van der Waals surface area contributed by atoms with Crippen LogP contribution in [0.1, 0.15) is 50.4 Å². The molecule has 25 heavy (non-hydrogen) atoms. The first-order chi connectivity index (χ1) is 11.8. The van der Waals surface area contributed by atoms with E-state index < -0.39 is 0 Å². The average molecular weight is 352 g/mol. The Bertz CT molecular complexity index is 750. The van der Waals surface area contributed by atoms with Crippen LogP contribution in [0.4, 0.5) is 5.69 Å². The molecule has 0 spiro atoms. The van der Waals surface area contributed by atoms with E-state index in [1.807, 2.05) is 24.3 Å². The monoisotopic (exact) mass is 351 g/mol. The molecule has 2 aromatic rings. The standard InChI is InChI=1S/C21H25N3S/c1-15(17-7-9-18(10-8-17)21(2,3)4)23-20(25)24-19-11-5-16(6-12-19)13-14-22/h5-12,15H,13H2,1-4H3,(H2,23,24,25)/t15-/m1/s1. The number of rotatable bonds is 4. The molecule has 0 saturated carbocycles. The van der Waals surface area contributed by atoms with Crippen LogP contribution in [-0.4, -0.2) is 5.11 Å². The number of nitrogens with zero attached hydrogens (tertiary/aromatic N) is 1. The summed E-state index contributed by atoms with van der Waals surface area (Å²) in [4.78, 5) is 0. The van der Waals surface area contributed by atoms with Gasteiger partial charge >= 0.3 is 0 Å². The van der Waals surface area contributed by atoms with Crippen molar-refractivity contribution in [2.24, 2.45) is 0 Å². The lowest BCUT2D eigenvalue weighted by atomic mass is 9.86. The zero-order valence-electron chi connectivity index (χ0n) is 15.3. The molecule has 0 amide bonds. The molecule has 2 aromatic carbocycles. The lowest BCUT2D eigenvalue weighted by Crippen LogP contribution is -2.30. The highest BCUT2D eigenvalue weighted by atomic mass is 32.1. The summed E-state index contributed by atoms with van der Waals surface area (Å²) in [5.74, 6) is 0. The fraction of sp³-hybridized carbons (Fsp3) is 0.333. The lowest BCUT2D eigenvalue weighted by Gasteiger charge is -2.21. The molecule has 0 heterocycles. The van der Waals surface area contributed by atoms with E-state index in [9.17, 15) is 0 Å². The van der Waals surface area contributed by atoms with Crippen molar-refractivity contribution >= 4 is 23.0 Å². The topological polar surface area (TPSA) is 47.8 Å². The Hall–Kier alpha value is -2.38. The molecule has 3 nitrogen and oxygen atoms in total. The highest BCUT2D eigenvalue weighted by molar-refractivity contribution is 7.80. The fourth-order valence-electron chi connectivity index (χ4n) is 2.52. The van der Waals surface area contributed by atoms with Crippen molar-refractivity contribution in [1.29, 1.82) is 5.26 Å². The molecule has 0 bridgehead atoms. The van der Waals surface area contributed by atoms with Crippen LogP contribution in [0.15, 0.2) is 48.5 Å². The Labute approximate surface area is 156 Å². The molecule has 2 N–H and O–H groups in total. The van der Waals surface area contributed by atoms with Crippen molar-refractivity contribution in [2.45, 2.75) is 45.6 Å². The molecule has 130 valence electrons. The first kappa shape index (κ1) is 19.0. The van der Waals surface area contributed by atoms with Crippen LogP contribution in [0.2, 0.25) is 0 Å². The zero-order chi connectivity index (χ0) is 18.4. The van der Waals surface area contributed by atoms with Gasteiger partial charge in [0, 0.05) is 5.69 Å². The van der Waals surface area contributed by atoms with Crippen molar-refractivity contribution < 1.29 is 0 Å². The number of hydrogen-bond donors (Lipinski definition) is 2. The van der Waals surface area contributed by atoms with E-state index in [0.29, 0.717) is 11.5 Å². The van der Waals surface area contributed by atoms with Crippen LogP contribution < -0.4 is 10.6 Å². The summed E-state index contributed by atoms with van der Waals surface area (Å²) >= 11 is 5.41. The first-order valence-electron chi connectivity index (χ1n) is 8.43. The summed E-state index contributed by atoms with van der Waals surface area (Å²) in [5.41, 5.74) is 4.58. The van der Waals surface area contributed by atoms with Gasteiger partial charge in [-0.15, -0.1) is 0 Å². The van der Waals surface area contributed by atoms with Crippen LogP contribution in [-0.2, 0) is 11.8 Å². The summed E-state index contributed by atoms with van der Waals surface area (Å²) in [5, 5.41) is 15.8. The SMILES string of the molecule is C[C@@H](NC(=S)Nc1ccc(CC#N)cc1)c1ccc(C(C)(C)C)cc1. The van der Waals surface area contributed by atoms with Gasteiger partial charge in [0.15, 0.2) is 5.11 Å². The van der Waals surface area contributed by atoms with Gasteiger partial charge in [0.05, 0.1) is 18.5 Å². The van der Waals surface area contributed by atoms with Gasteiger partial charge in [0.2, 0.25) is 0 Å².